The third-order valence-electron chi connectivity index (χ3n) is 3.16. The van der Waals surface area contributed by atoms with E-state index < -0.39 is 23.6 Å². The molecule has 0 heterocycles. The number of hydrogen-bond acceptors (Lipinski definition) is 5. The molecular weight excluding hydrogens is 391 g/mol. The van der Waals surface area contributed by atoms with Crippen LogP contribution in [0.5, 0.6) is 5.75 Å². The zero-order valence-corrected chi connectivity index (χ0v) is 14.0. The molecule has 0 radical (unpaired) electrons. The van der Waals surface area contributed by atoms with Crippen LogP contribution in [0.4, 0.5) is 24.5 Å². The first-order chi connectivity index (χ1) is 12.6. The van der Waals surface area contributed by atoms with Gasteiger partial charge in [-0.3, -0.25) is 14.9 Å². The van der Waals surface area contributed by atoms with Gasteiger partial charge in [0.2, 0.25) is 0 Å². The van der Waals surface area contributed by atoms with Crippen LogP contribution < -0.4 is 10.1 Å². The van der Waals surface area contributed by atoms with Crippen LogP contribution in [0.3, 0.4) is 0 Å². The first-order valence-corrected chi connectivity index (χ1v) is 7.47. The van der Waals surface area contributed by atoms with E-state index in [9.17, 15) is 28.1 Å². The molecule has 0 aromatic heterocycles. The molecule has 0 spiro atoms. The second-order valence-electron chi connectivity index (χ2n) is 5.10. The molecule has 27 heavy (non-hydrogen) atoms. The molecule has 140 valence electrons. The lowest BCUT2D eigenvalue weighted by atomic mass is 10.1. The number of nitriles is 1. The van der Waals surface area contributed by atoms with Crippen molar-refractivity contribution in [3.63, 3.8) is 0 Å². The monoisotopic (exact) mass is 399 g/mol. The van der Waals surface area contributed by atoms with Crippen LogP contribution in [0, 0.1) is 21.4 Å². The molecule has 0 unspecified atom stereocenters. The topological polar surface area (TPSA) is 105 Å². The summed E-state index contributed by atoms with van der Waals surface area (Å²) in [4.78, 5) is 22.2. The van der Waals surface area contributed by atoms with Gasteiger partial charge >= 0.3 is 6.18 Å². The number of alkyl halides is 3. The maximum absolute atomic E-state index is 12.2. The Hall–Kier alpha value is -3.32. The number of ether oxygens (including phenoxy) is 1. The van der Waals surface area contributed by atoms with Gasteiger partial charge in [-0.1, -0.05) is 11.6 Å². The van der Waals surface area contributed by atoms with Gasteiger partial charge in [0.1, 0.15) is 11.8 Å². The lowest BCUT2D eigenvalue weighted by Crippen LogP contribution is -2.19. The fourth-order valence-corrected chi connectivity index (χ4v) is 2.24. The van der Waals surface area contributed by atoms with E-state index in [1.54, 1.807) is 6.07 Å². The molecule has 0 aliphatic carbocycles. The van der Waals surface area contributed by atoms with E-state index >= 15 is 0 Å². The summed E-state index contributed by atoms with van der Waals surface area (Å²) in [7, 11) is 0. The fourth-order valence-electron chi connectivity index (χ4n) is 1.98. The molecule has 2 aromatic rings. The van der Waals surface area contributed by atoms with Gasteiger partial charge in [0.25, 0.3) is 11.6 Å². The van der Waals surface area contributed by atoms with E-state index in [0.717, 1.165) is 30.3 Å². The van der Waals surface area contributed by atoms with Gasteiger partial charge in [-0.15, -0.1) is 0 Å². The highest BCUT2D eigenvalue weighted by Crippen LogP contribution is 2.27. The van der Waals surface area contributed by atoms with Crippen molar-refractivity contribution in [3.05, 3.63) is 62.7 Å². The highest BCUT2D eigenvalue weighted by atomic mass is 35.5. The molecule has 11 heteroatoms. The molecule has 0 aliphatic heterocycles. The molecule has 2 rings (SSSR count). The molecule has 0 bridgehead atoms. The Kier molecular flexibility index (Phi) is 5.87. The number of halogens is 4. The van der Waals surface area contributed by atoms with Gasteiger partial charge in [-0.2, -0.15) is 18.4 Å². The van der Waals surface area contributed by atoms with Crippen LogP contribution in [0.25, 0.3) is 0 Å². The quantitative estimate of drug-likeness (QED) is 0.595. The van der Waals surface area contributed by atoms with Crippen LogP contribution in [-0.4, -0.2) is 23.6 Å². The third kappa shape index (κ3) is 5.32. The number of rotatable bonds is 5. The summed E-state index contributed by atoms with van der Waals surface area (Å²) in [6, 6.07) is 8.40. The Morgan fingerprint density at radius 3 is 2.56 bits per heavy atom. The minimum absolute atomic E-state index is 0.0572. The minimum Gasteiger partial charge on any atom is -0.483 e. The van der Waals surface area contributed by atoms with Gasteiger partial charge in [-0.05, 0) is 24.3 Å². The summed E-state index contributed by atoms with van der Waals surface area (Å²) < 4.78 is 41.2. The van der Waals surface area contributed by atoms with Crippen LogP contribution in [0.1, 0.15) is 15.9 Å². The smallest absolute Gasteiger partial charge is 0.422 e. The summed E-state index contributed by atoms with van der Waals surface area (Å²) >= 11 is 5.86. The number of non-ortho nitro benzene ring substituents is 1. The van der Waals surface area contributed by atoms with E-state index in [-0.39, 0.29) is 33.3 Å². The second-order valence-corrected chi connectivity index (χ2v) is 5.51. The van der Waals surface area contributed by atoms with Crippen molar-refractivity contribution in [3.8, 4) is 11.8 Å². The minimum atomic E-state index is -4.56. The number of nitrogens with one attached hydrogen (secondary N) is 1. The normalized spacial score (nSPS) is 10.8. The standard InChI is InChI=1S/C16H9ClF3N3O4/c17-13-6-11(23(25)26)2-3-12(13)15(24)22-10-1-4-14(9(5-10)7-21)27-8-16(18,19)20/h1-6H,8H2,(H,22,24). The highest BCUT2D eigenvalue weighted by molar-refractivity contribution is 6.34. The largest absolute Gasteiger partial charge is 0.483 e. The van der Waals surface area contributed by atoms with E-state index in [2.05, 4.69) is 10.1 Å². The zero-order chi connectivity index (χ0) is 20.2. The lowest BCUT2D eigenvalue weighted by Gasteiger charge is -2.12. The number of amides is 1. The Morgan fingerprint density at radius 2 is 2.00 bits per heavy atom. The molecular formula is C16H9ClF3N3O4. The summed E-state index contributed by atoms with van der Waals surface area (Å²) in [5.74, 6) is -1.01. The Labute approximate surface area is 155 Å². The summed E-state index contributed by atoms with van der Waals surface area (Å²) in [6.07, 6.45) is -4.56. The van der Waals surface area contributed by atoms with E-state index in [0.29, 0.717) is 0 Å². The number of hydrogen-bond donors (Lipinski definition) is 1. The maximum atomic E-state index is 12.2. The Morgan fingerprint density at radius 1 is 1.30 bits per heavy atom. The molecule has 0 saturated heterocycles. The number of carbonyl (C=O) groups is 1. The van der Waals surface area contributed by atoms with Crippen molar-refractivity contribution in [2.75, 3.05) is 11.9 Å². The van der Waals surface area contributed by atoms with Crippen LogP contribution in [0.2, 0.25) is 5.02 Å². The molecule has 0 fully saturated rings. The van der Waals surface area contributed by atoms with Crippen molar-refractivity contribution in [1.29, 1.82) is 5.26 Å². The average Bonchev–Trinajstić information content (AvgIpc) is 2.59. The van der Waals surface area contributed by atoms with Crippen molar-refractivity contribution in [1.82, 2.24) is 0 Å². The van der Waals surface area contributed by atoms with Gasteiger partial charge < -0.3 is 10.1 Å². The number of carbonyl (C=O) groups excluding carboxylic acids is 1. The zero-order valence-electron chi connectivity index (χ0n) is 13.2. The Balaban J connectivity index is 2.19. The molecule has 7 nitrogen and oxygen atoms in total. The first kappa shape index (κ1) is 20.0. The first-order valence-electron chi connectivity index (χ1n) is 7.09. The molecule has 0 aliphatic rings. The number of anilines is 1. The number of nitrogens with zero attached hydrogens (tertiary/aromatic N) is 2. The second kappa shape index (κ2) is 7.92. The average molecular weight is 400 g/mol. The number of benzene rings is 2. The molecule has 1 amide bonds. The molecule has 0 saturated carbocycles. The van der Waals surface area contributed by atoms with E-state index in [1.807, 2.05) is 0 Å². The fraction of sp³-hybridized carbons (Fsp3) is 0.125. The predicted octanol–water partition coefficient (Wildman–Crippen LogP) is 4.31. The summed E-state index contributed by atoms with van der Waals surface area (Å²) in [5.41, 5.74) is -0.468. The van der Waals surface area contributed by atoms with Gasteiger partial charge in [0.05, 0.1) is 21.1 Å². The van der Waals surface area contributed by atoms with Crippen molar-refractivity contribution >= 4 is 28.9 Å². The van der Waals surface area contributed by atoms with Crippen LogP contribution >= 0.6 is 11.6 Å². The number of nitro groups is 1. The summed E-state index contributed by atoms with van der Waals surface area (Å²) in [5, 5.41) is 22.0. The predicted molar refractivity (Wildman–Crippen MR) is 88.8 cm³/mol. The van der Waals surface area contributed by atoms with E-state index in [4.69, 9.17) is 16.9 Å². The Bertz CT molecular complexity index is 941. The lowest BCUT2D eigenvalue weighted by molar-refractivity contribution is -0.384. The van der Waals surface area contributed by atoms with Gasteiger partial charge in [0, 0.05) is 17.8 Å². The van der Waals surface area contributed by atoms with Crippen LogP contribution in [0.15, 0.2) is 36.4 Å². The molecule has 1 N–H and O–H groups in total. The van der Waals surface area contributed by atoms with Crippen LogP contribution in [-0.2, 0) is 0 Å². The highest BCUT2D eigenvalue weighted by Gasteiger charge is 2.29. The molecule has 0 atom stereocenters. The van der Waals surface area contributed by atoms with Gasteiger partial charge in [-0.25, -0.2) is 0 Å². The third-order valence-corrected chi connectivity index (χ3v) is 3.47. The number of nitro benzene ring substituents is 1. The SMILES string of the molecule is N#Cc1cc(NC(=O)c2ccc([N+](=O)[O-])cc2Cl)ccc1OCC(F)(F)F. The van der Waals surface area contributed by atoms with Gasteiger partial charge in [0.15, 0.2) is 6.61 Å². The van der Waals surface area contributed by atoms with E-state index in [1.165, 1.54) is 6.07 Å². The molecule has 2 aromatic carbocycles. The van der Waals surface area contributed by atoms with Crippen molar-refractivity contribution in [2.24, 2.45) is 0 Å². The van der Waals surface area contributed by atoms with Crippen molar-refractivity contribution < 1.29 is 27.6 Å². The summed E-state index contributed by atoms with van der Waals surface area (Å²) in [6.45, 7) is -1.56. The van der Waals surface area contributed by atoms with Crippen molar-refractivity contribution in [2.45, 2.75) is 6.18 Å². The maximum Gasteiger partial charge on any atom is 0.422 e.